The number of benzene rings is 1. The first-order valence-electron chi connectivity index (χ1n) is 5.54. The van der Waals surface area contributed by atoms with Crippen molar-refractivity contribution in [2.45, 2.75) is 24.9 Å². The Morgan fingerprint density at radius 1 is 1.21 bits per heavy atom. The molecule has 1 aromatic carbocycles. The van der Waals surface area contributed by atoms with Gasteiger partial charge in [-0.25, -0.2) is 13.1 Å². The molecule has 0 unspecified atom stereocenters. The van der Waals surface area contributed by atoms with Crippen molar-refractivity contribution in [1.82, 2.24) is 4.72 Å². The van der Waals surface area contributed by atoms with Gasteiger partial charge < -0.3 is 5.73 Å². The molecule has 0 saturated heterocycles. The lowest BCUT2D eigenvalue weighted by atomic mass is 10.1. The number of nitrogens with two attached hydrogens (primary N) is 1. The zero-order valence-corrected chi connectivity index (χ0v) is 10.9. The van der Waals surface area contributed by atoms with Crippen LogP contribution in [-0.2, 0) is 22.3 Å². The molecule has 0 spiro atoms. The van der Waals surface area contributed by atoms with Gasteiger partial charge in [-0.3, -0.25) is 0 Å². The van der Waals surface area contributed by atoms with Crippen LogP contribution in [0.5, 0.6) is 0 Å². The second kappa shape index (κ2) is 6.36. The molecule has 108 valence electrons. The van der Waals surface area contributed by atoms with Crippen LogP contribution in [0.1, 0.15) is 17.5 Å². The fourth-order valence-corrected chi connectivity index (χ4v) is 2.60. The molecule has 0 aromatic heterocycles. The molecule has 0 radical (unpaired) electrons. The van der Waals surface area contributed by atoms with Crippen LogP contribution in [-0.4, -0.2) is 21.1 Å². The fraction of sp³-hybridized carbons (Fsp3) is 0.455. The van der Waals surface area contributed by atoms with Gasteiger partial charge in [0.25, 0.3) is 0 Å². The standard InChI is InChI=1S/C11H15F3N2O2S/c12-11(13,14)4-5-16-19(17,18)8-10-3-1-2-9(6-10)7-15/h1-3,6,16H,4-5,7-8,15H2. The average molecular weight is 296 g/mol. The Balaban J connectivity index is 2.59. The minimum atomic E-state index is -4.37. The first-order chi connectivity index (χ1) is 8.72. The SMILES string of the molecule is NCc1cccc(CS(=O)(=O)NCCC(F)(F)F)c1. The Hall–Kier alpha value is -1.12. The molecule has 0 atom stereocenters. The lowest BCUT2D eigenvalue weighted by Gasteiger charge is -2.09. The van der Waals surface area contributed by atoms with Crippen LogP contribution in [0.3, 0.4) is 0 Å². The van der Waals surface area contributed by atoms with Gasteiger partial charge >= 0.3 is 6.18 Å². The zero-order valence-electron chi connectivity index (χ0n) is 10.1. The van der Waals surface area contributed by atoms with Gasteiger partial charge in [0.15, 0.2) is 0 Å². The number of alkyl halides is 3. The number of hydrogen-bond donors (Lipinski definition) is 2. The van der Waals surface area contributed by atoms with Gasteiger partial charge in [0.2, 0.25) is 10.0 Å². The van der Waals surface area contributed by atoms with Crippen LogP contribution in [0.15, 0.2) is 24.3 Å². The fourth-order valence-electron chi connectivity index (χ4n) is 1.47. The van der Waals surface area contributed by atoms with E-state index in [4.69, 9.17) is 5.73 Å². The summed E-state index contributed by atoms with van der Waals surface area (Å²) in [5.41, 5.74) is 6.68. The van der Waals surface area contributed by atoms with E-state index in [1.807, 2.05) is 4.72 Å². The van der Waals surface area contributed by atoms with Crippen LogP contribution in [0.4, 0.5) is 13.2 Å². The van der Waals surface area contributed by atoms with E-state index in [2.05, 4.69) is 0 Å². The molecule has 0 saturated carbocycles. The predicted octanol–water partition coefficient (Wildman–Crippen LogP) is 1.52. The minimum Gasteiger partial charge on any atom is -0.326 e. The molecular weight excluding hydrogens is 281 g/mol. The van der Waals surface area contributed by atoms with E-state index in [0.717, 1.165) is 5.56 Å². The smallest absolute Gasteiger partial charge is 0.326 e. The summed E-state index contributed by atoms with van der Waals surface area (Å²) < 4.78 is 60.8. The maximum absolute atomic E-state index is 11.9. The van der Waals surface area contributed by atoms with Gasteiger partial charge in [-0.05, 0) is 11.1 Å². The van der Waals surface area contributed by atoms with Gasteiger partial charge in [0.1, 0.15) is 0 Å². The second-order valence-electron chi connectivity index (χ2n) is 4.04. The van der Waals surface area contributed by atoms with Gasteiger partial charge in [-0.15, -0.1) is 0 Å². The number of hydrogen-bond acceptors (Lipinski definition) is 3. The molecule has 0 heterocycles. The monoisotopic (exact) mass is 296 g/mol. The number of halogens is 3. The summed E-state index contributed by atoms with van der Waals surface area (Å²) in [5, 5.41) is 0. The summed E-state index contributed by atoms with van der Waals surface area (Å²) in [7, 11) is -3.77. The number of rotatable bonds is 6. The number of nitrogens with one attached hydrogen (secondary N) is 1. The van der Waals surface area contributed by atoms with E-state index in [1.54, 1.807) is 24.3 Å². The van der Waals surface area contributed by atoms with Crippen LogP contribution in [0.2, 0.25) is 0 Å². The van der Waals surface area contributed by atoms with Crippen LogP contribution in [0.25, 0.3) is 0 Å². The van der Waals surface area contributed by atoms with Crippen molar-refractivity contribution in [3.63, 3.8) is 0 Å². The third-order valence-corrected chi connectivity index (χ3v) is 3.67. The van der Waals surface area contributed by atoms with E-state index < -0.39 is 29.2 Å². The Kier molecular flexibility index (Phi) is 5.33. The number of sulfonamides is 1. The molecule has 0 aliphatic carbocycles. The van der Waals surface area contributed by atoms with Crippen molar-refractivity contribution < 1.29 is 21.6 Å². The highest BCUT2D eigenvalue weighted by Gasteiger charge is 2.27. The summed E-state index contributed by atoms with van der Waals surface area (Å²) in [6.07, 6.45) is -5.56. The van der Waals surface area contributed by atoms with Crippen molar-refractivity contribution in [2.75, 3.05) is 6.54 Å². The lowest BCUT2D eigenvalue weighted by Crippen LogP contribution is -2.29. The third kappa shape index (κ3) is 6.55. The Morgan fingerprint density at radius 3 is 2.42 bits per heavy atom. The van der Waals surface area contributed by atoms with Crippen LogP contribution in [0, 0.1) is 0 Å². The van der Waals surface area contributed by atoms with E-state index in [-0.39, 0.29) is 12.3 Å². The topological polar surface area (TPSA) is 72.2 Å². The van der Waals surface area contributed by atoms with Crippen LogP contribution >= 0.6 is 0 Å². The van der Waals surface area contributed by atoms with Crippen molar-refractivity contribution in [2.24, 2.45) is 5.73 Å². The highest BCUT2D eigenvalue weighted by molar-refractivity contribution is 7.88. The Labute approximate surface area is 109 Å². The normalized spacial score (nSPS) is 12.6. The highest BCUT2D eigenvalue weighted by Crippen LogP contribution is 2.18. The Morgan fingerprint density at radius 2 is 1.84 bits per heavy atom. The average Bonchev–Trinajstić information content (AvgIpc) is 2.26. The van der Waals surface area contributed by atoms with Crippen LogP contribution < -0.4 is 10.5 Å². The second-order valence-corrected chi connectivity index (χ2v) is 5.85. The maximum atomic E-state index is 11.9. The molecule has 0 fully saturated rings. The third-order valence-electron chi connectivity index (χ3n) is 2.31. The summed E-state index contributed by atoms with van der Waals surface area (Å²) in [5.74, 6) is -0.362. The zero-order chi connectivity index (χ0) is 14.5. The van der Waals surface area contributed by atoms with Crippen molar-refractivity contribution in [3.8, 4) is 0 Å². The van der Waals surface area contributed by atoms with E-state index in [9.17, 15) is 21.6 Å². The molecule has 0 aliphatic rings. The highest BCUT2D eigenvalue weighted by atomic mass is 32.2. The largest absolute Gasteiger partial charge is 0.390 e. The van der Waals surface area contributed by atoms with Gasteiger partial charge in [0, 0.05) is 13.1 Å². The van der Waals surface area contributed by atoms with Crippen molar-refractivity contribution in [3.05, 3.63) is 35.4 Å². The molecule has 1 aromatic rings. The van der Waals surface area contributed by atoms with E-state index >= 15 is 0 Å². The molecule has 0 aliphatic heterocycles. The molecular formula is C11H15F3N2O2S. The molecule has 19 heavy (non-hydrogen) atoms. The summed E-state index contributed by atoms with van der Waals surface area (Å²) in [6.45, 7) is -0.377. The molecule has 4 nitrogen and oxygen atoms in total. The maximum Gasteiger partial charge on any atom is 0.390 e. The van der Waals surface area contributed by atoms with Crippen molar-refractivity contribution >= 4 is 10.0 Å². The van der Waals surface area contributed by atoms with E-state index in [1.165, 1.54) is 0 Å². The van der Waals surface area contributed by atoms with Crippen molar-refractivity contribution in [1.29, 1.82) is 0 Å². The van der Waals surface area contributed by atoms with Gasteiger partial charge in [0.05, 0.1) is 12.2 Å². The predicted molar refractivity (Wildman–Crippen MR) is 65.6 cm³/mol. The summed E-state index contributed by atoms with van der Waals surface area (Å²) >= 11 is 0. The summed E-state index contributed by atoms with van der Waals surface area (Å²) in [6, 6.07) is 6.60. The molecule has 0 bridgehead atoms. The first-order valence-corrected chi connectivity index (χ1v) is 7.19. The minimum absolute atomic E-state index is 0.273. The first kappa shape index (κ1) is 15.9. The quantitative estimate of drug-likeness (QED) is 0.836. The van der Waals surface area contributed by atoms with Gasteiger partial charge in [-0.2, -0.15) is 13.2 Å². The molecule has 3 N–H and O–H groups in total. The Bertz CT molecular complexity index is 515. The van der Waals surface area contributed by atoms with Gasteiger partial charge in [-0.1, -0.05) is 24.3 Å². The molecule has 1 rings (SSSR count). The molecule has 8 heteroatoms. The molecule has 0 amide bonds. The summed E-state index contributed by atoms with van der Waals surface area (Å²) in [4.78, 5) is 0. The van der Waals surface area contributed by atoms with E-state index in [0.29, 0.717) is 5.56 Å². The lowest BCUT2D eigenvalue weighted by molar-refractivity contribution is -0.132.